The molecule has 0 aliphatic carbocycles. The van der Waals surface area contributed by atoms with Crippen molar-refractivity contribution in [2.24, 2.45) is 5.92 Å². The summed E-state index contributed by atoms with van der Waals surface area (Å²) in [5.74, 6) is 0.348. The second kappa shape index (κ2) is 7.57. The molecule has 2 N–H and O–H groups in total. The minimum Gasteiger partial charge on any atom is -0.392 e. The van der Waals surface area contributed by atoms with Gasteiger partial charge < -0.3 is 10.1 Å². The molecule has 0 bridgehead atoms. The van der Waals surface area contributed by atoms with Crippen LogP contribution in [0, 0.1) is 5.92 Å². The molecule has 0 radical (unpaired) electrons. The number of aromatic amines is 1. The highest BCUT2D eigenvalue weighted by Crippen LogP contribution is 2.23. The maximum atomic E-state index is 11.7. The number of hydrogen-bond donors (Lipinski definition) is 2. The first-order chi connectivity index (χ1) is 11.2. The maximum Gasteiger partial charge on any atom is 0.252 e. The lowest BCUT2D eigenvalue weighted by Gasteiger charge is -2.34. The van der Waals surface area contributed by atoms with E-state index in [1.54, 1.807) is 6.20 Å². The molecule has 4 nitrogen and oxygen atoms in total. The average Bonchev–Trinajstić information content (AvgIpc) is 2.58. The molecule has 0 saturated carbocycles. The summed E-state index contributed by atoms with van der Waals surface area (Å²) in [6.07, 6.45) is 4.08. The Labute approximate surface area is 136 Å². The van der Waals surface area contributed by atoms with E-state index < -0.39 is 0 Å². The van der Waals surface area contributed by atoms with Crippen molar-refractivity contribution < 1.29 is 5.11 Å². The molecule has 3 rings (SSSR count). The molecular weight excluding hydrogens is 288 g/mol. The van der Waals surface area contributed by atoms with Crippen LogP contribution < -0.4 is 5.56 Å². The van der Waals surface area contributed by atoms with Crippen LogP contribution in [0.1, 0.15) is 24.0 Å². The third kappa shape index (κ3) is 4.30. The molecule has 1 aromatic carbocycles. The Morgan fingerprint density at radius 3 is 2.57 bits per heavy atom. The van der Waals surface area contributed by atoms with Gasteiger partial charge in [0.05, 0.1) is 6.10 Å². The number of aromatic nitrogens is 1. The molecular formula is C19H24N2O2. The molecule has 1 fully saturated rings. The van der Waals surface area contributed by atoms with E-state index in [1.165, 1.54) is 5.56 Å². The van der Waals surface area contributed by atoms with Gasteiger partial charge in [0.1, 0.15) is 0 Å². The minimum atomic E-state index is -0.278. The highest BCUT2D eigenvalue weighted by atomic mass is 16.3. The van der Waals surface area contributed by atoms with Gasteiger partial charge in [-0.15, -0.1) is 0 Å². The first-order valence-corrected chi connectivity index (χ1v) is 8.33. The summed E-state index contributed by atoms with van der Waals surface area (Å²) < 4.78 is 0. The van der Waals surface area contributed by atoms with E-state index in [0.717, 1.165) is 37.9 Å². The number of aliphatic hydroxyl groups excluding tert-OH is 1. The molecule has 1 aliphatic rings. The van der Waals surface area contributed by atoms with Gasteiger partial charge in [-0.3, -0.25) is 9.69 Å². The van der Waals surface area contributed by atoms with Crippen LogP contribution in [0.4, 0.5) is 0 Å². The van der Waals surface area contributed by atoms with Crippen LogP contribution in [-0.2, 0) is 13.0 Å². The van der Waals surface area contributed by atoms with Crippen molar-refractivity contribution >= 4 is 0 Å². The number of rotatable bonds is 5. The van der Waals surface area contributed by atoms with Crippen molar-refractivity contribution in [3.63, 3.8) is 0 Å². The number of H-pyrrole nitrogens is 1. The second-order valence-corrected chi connectivity index (χ2v) is 6.40. The van der Waals surface area contributed by atoms with Crippen molar-refractivity contribution in [3.05, 3.63) is 70.1 Å². The third-order valence-corrected chi connectivity index (χ3v) is 4.76. The fourth-order valence-electron chi connectivity index (χ4n) is 3.34. The van der Waals surface area contributed by atoms with Gasteiger partial charge in [-0.25, -0.2) is 0 Å². The van der Waals surface area contributed by atoms with Crippen LogP contribution in [0.2, 0.25) is 0 Å². The van der Waals surface area contributed by atoms with Crippen molar-refractivity contribution in [2.75, 3.05) is 13.1 Å². The Kier molecular flexibility index (Phi) is 5.26. The van der Waals surface area contributed by atoms with Crippen LogP contribution in [0.5, 0.6) is 0 Å². The molecule has 1 saturated heterocycles. The molecule has 122 valence electrons. The van der Waals surface area contributed by atoms with E-state index in [9.17, 15) is 9.90 Å². The first kappa shape index (κ1) is 16.0. The number of likely N-dealkylation sites (tertiary alicyclic amines) is 1. The predicted octanol–water partition coefficient (Wildman–Crippen LogP) is 2.19. The molecule has 2 aromatic rings. The summed E-state index contributed by atoms with van der Waals surface area (Å²) in [6.45, 7) is 2.56. The van der Waals surface area contributed by atoms with Gasteiger partial charge in [-0.05, 0) is 49.9 Å². The van der Waals surface area contributed by atoms with E-state index >= 15 is 0 Å². The summed E-state index contributed by atoms with van der Waals surface area (Å²) in [6, 6.07) is 13.9. The van der Waals surface area contributed by atoms with Crippen molar-refractivity contribution in [3.8, 4) is 0 Å². The van der Waals surface area contributed by atoms with E-state index in [2.05, 4.69) is 22.0 Å². The van der Waals surface area contributed by atoms with E-state index in [-0.39, 0.29) is 11.7 Å². The highest BCUT2D eigenvalue weighted by molar-refractivity contribution is 5.15. The summed E-state index contributed by atoms with van der Waals surface area (Å²) in [7, 11) is 0. The second-order valence-electron chi connectivity index (χ2n) is 6.40. The Bertz CT molecular complexity index is 660. The summed E-state index contributed by atoms with van der Waals surface area (Å²) in [4.78, 5) is 16.8. The molecule has 1 atom stereocenters. The number of piperidine rings is 1. The fraction of sp³-hybridized carbons (Fsp3) is 0.421. The zero-order chi connectivity index (χ0) is 16.1. The number of nitrogens with one attached hydrogen (secondary N) is 1. The quantitative estimate of drug-likeness (QED) is 0.890. The van der Waals surface area contributed by atoms with Crippen LogP contribution in [0.3, 0.4) is 0 Å². The van der Waals surface area contributed by atoms with Crippen molar-refractivity contribution in [2.45, 2.75) is 31.9 Å². The minimum absolute atomic E-state index is 0.00117. The van der Waals surface area contributed by atoms with Gasteiger partial charge in [0.15, 0.2) is 0 Å². The molecule has 0 amide bonds. The molecule has 0 spiro atoms. The van der Waals surface area contributed by atoms with Crippen molar-refractivity contribution in [1.82, 2.24) is 9.88 Å². The topological polar surface area (TPSA) is 56.3 Å². The van der Waals surface area contributed by atoms with Crippen LogP contribution >= 0.6 is 0 Å². The van der Waals surface area contributed by atoms with Crippen LogP contribution in [0.15, 0.2) is 53.5 Å². The Balaban J connectivity index is 1.50. The number of pyridine rings is 1. The summed E-state index contributed by atoms with van der Waals surface area (Å²) in [5, 5.41) is 10.5. The predicted molar refractivity (Wildman–Crippen MR) is 91.2 cm³/mol. The van der Waals surface area contributed by atoms with Gasteiger partial charge in [0.2, 0.25) is 0 Å². The van der Waals surface area contributed by atoms with E-state index in [4.69, 9.17) is 0 Å². The van der Waals surface area contributed by atoms with E-state index in [1.807, 2.05) is 30.3 Å². The average molecular weight is 312 g/mol. The lowest BCUT2D eigenvalue weighted by atomic mass is 9.88. The van der Waals surface area contributed by atoms with Crippen molar-refractivity contribution in [1.29, 1.82) is 0 Å². The number of nitrogens with zero attached hydrogens (tertiary/aromatic N) is 1. The lowest BCUT2D eigenvalue weighted by molar-refractivity contribution is 0.0575. The number of benzene rings is 1. The molecule has 1 aliphatic heterocycles. The number of aliphatic hydroxyl groups is 1. The van der Waals surface area contributed by atoms with Crippen LogP contribution in [0.25, 0.3) is 0 Å². The van der Waals surface area contributed by atoms with Crippen LogP contribution in [-0.4, -0.2) is 34.2 Å². The maximum absolute atomic E-state index is 11.7. The Hall–Kier alpha value is -1.91. The Morgan fingerprint density at radius 1 is 1.13 bits per heavy atom. The monoisotopic (exact) mass is 312 g/mol. The standard InChI is InChI=1S/C19H24N2O2/c22-18(13-15-5-2-1-3-6-15)16-8-11-21(12-9-16)14-17-7-4-10-20-19(17)23/h1-7,10,16,18,22H,8-9,11-14H2,(H,20,23). The SMILES string of the molecule is O=c1[nH]cccc1CN1CCC(C(O)Cc2ccccc2)CC1. The third-order valence-electron chi connectivity index (χ3n) is 4.76. The fourth-order valence-corrected chi connectivity index (χ4v) is 3.34. The summed E-state index contributed by atoms with van der Waals surface area (Å²) >= 11 is 0. The molecule has 4 heteroatoms. The Morgan fingerprint density at radius 2 is 1.87 bits per heavy atom. The molecule has 1 aromatic heterocycles. The lowest BCUT2D eigenvalue weighted by Crippen LogP contribution is -2.38. The van der Waals surface area contributed by atoms with Gasteiger partial charge >= 0.3 is 0 Å². The van der Waals surface area contributed by atoms with Gasteiger partial charge in [-0.2, -0.15) is 0 Å². The normalized spacial score (nSPS) is 18.0. The largest absolute Gasteiger partial charge is 0.392 e. The number of hydrogen-bond acceptors (Lipinski definition) is 3. The molecule has 23 heavy (non-hydrogen) atoms. The van der Waals surface area contributed by atoms with Gasteiger partial charge in [0, 0.05) is 18.3 Å². The summed E-state index contributed by atoms with van der Waals surface area (Å²) in [5.41, 5.74) is 2.01. The zero-order valence-corrected chi connectivity index (χ0v) is 13.3. The zero-order valence-electron chi connectivity index (χ0n) is 13.3. The molecule has 1 unspecified atom stereocenters. The van der Waals surface area contributed by atoms with Gasteiger partial charge in [0.25, 0.3) is 5.56 Å². The van der Waals surface area contributed by atoms with E-state index in [0.29, 0.717) is 12.5 Å². The molecule has 2 heterocycles. The highest BCUT2D eigenvalue weighted by Gasteiger charge is 2.25. The first-order valence-electron chi connectivity index (χ1n) is 8.33. The smallest absolute Gasteiger partial charge is 0.252 e. The van der Waals surface area contributed by atoms with Gasteiger partial charge in [-0.1, -0.05) is 36.4 Å².